The molecule has 2 saturated heterocycles. The molecule has 2 aliphatic heterocycles. The monoisotopic (exact) mass is 357 g/mol. The Morgan fingerprint density at radius 1 is 1.00 bits per heavy atom. The van der Waals surface area contributed by atoms with Crippen LogP contribution < -0.4 is 0 Å². The van der Waals surface area contributed by atoms with E-state index in [1.807, 2.05) is 4.90 Å². The molecule has 2 amide bonds. The van der Waals surface area contributed by atoms with E-state index in [1.165, 1.54) is 5.56 Å². The fraction of sp³-hybridized carbons (Fsp3) is 0.619. The van der Waals surface area contributed by atoms with Crippen molar-refractivity contribution in [2.24, 2.45) is 0 Å². The van der Waals surface area contributed by atoms with Gasteiger partial charge in [0.15, 0.2) is 0 Å². The maximum atomic E-state index is 12.9. The van der Waals surface area contributed by atoms with Gasteiger partial charge in [-0.3, -0.25) is 9.59 Å². The molecule has 0 N–H and O–H groups in total. The number of carbonyl (C=O) groups excluding carboxylic acids is 2. The zero-order valence-corrected chi connectivity index (χ0v) is 15.9. The Bertz CT molecular complexity index is 605. The molecule has 0 aromatic heterocycles. The third-order valence-corrected chi connectivity index (χ3v) is 5.63. The van der Waals surface area contributed by atoms with E-state index >= 15 is 0 Å². The van der Waals surface area contributed by atoms with Crippen LogP contribution in [0.3, 0.4) is 0 Å². The lowest BCUT2D eigenvalue weighted by Gasteiger charge is -2.29. The highest BCUT2D eigenvalue weighted by atomic mass is 16.2. The minimum absolute atomic E-state index is 0.0261. The van der Waals surface area contributed by atoms with Gasteiger partial charge in [0.25, 0.3) is 0 Å². The van der Waals surface area contributed by atoms with Crippen molar-refractivity contribution >= 4 is 11.8 Å². The highest BCUT2D eigenvalue weighted by Crippen LogP contribution is 2.20. The molecule has 0 radical (unpaired) electrons. The number of hydrogen-bond donors (Lipinski definition) is 0. The van der Waals surface area contributed by atoms with Gasteiger partial charge in [0.05, 0.1) is 0 Å². The van der Waals surface area contributed by atoms with Crippen molar-refractivity contribution in [3.05, 3.63) is 35.9 Å². The van der Waals surface area contributed by atoms with E-state index in [0.29, 0.717) is 0 Å². The first-order chi connectivity index (χ1) is 12.6. The van der Waals surface area contributed by atoms with Gasteiger partial charge in [-0.05, 0) is 50.8 Å². The first kappa shape index (κ1) is 18.9. The molecule has 1 aromatic carbocycles. The van der Waals surface area contributed by atoms with Crippen LogP contribution in [0.1, 0.15) is 38.2 Å². The van der Waals surface area contributed by atoms with E-state index in [-0.39, 0.29) is 17.9 Å². The maximum absolute atomic E-state index is 12.9. The topological polar surface area (TPSA) is 43.9 Å². The third kappa shape index (κ3) is 4.85. The maximum Gasteiger partial charge on any atom is 0.245 e. The van der Waals surface area contributed by atoms with Gasteiger partial charge >= 0.3 is 0 Å². The molecule has 2 aliphatic rings. The molecule has 0 spiro atoms. The van der Waals surface area contributed by atoms with E-state index in [0.717, 1.165) is 71.4 Å². The lowest BCUT2D eigenvalue weighted by molar-refractivity contribution is -0.142. The molecule has 1 atom stereocenters. The van der Waals surface area contributed by atoms with Crippen molar-refractivity contribution in [3.63, 3.8) is 0 Å². The Morgan fingerprint density at radius 3 is 2.58 bits per heavy atom. The van der Waals surface area contributed by atoms with Crippen LogP contribution in [0.4, 0.5) is 0 Å². The zero-order valence-electron chi connectivity index (χ0n) is 15.9. The normalized spacial score (nSPS) is 21.7. The molecule has 2 fully saturated rings. The van der Waals surface area contributed by atoms with Crippen LogP contribution in [-0.4, -0.2) is 71.8 Å². The van der Waals surface area contributed by atoms with Crippen molar-refractivity contribution in [3.8, 4) is 0 Å². The minimum atomic E-state index is -0.225. The summed E-state index contributed by atoms with van der Waals surface area (Å²) in [6.07, 6.45) is 5.03. The third-order valence-electron chi connectivity index (χ3n) is 5.63. The van der Waals surface area contributed by atoms with E-state index in [4.69, 9.17) is 0 Å². The first-order valence-corrected chi connectivity index (χ1v) is 9.97. The second-order valence-electron chi connectivity index (χ2n) is 7.48. The summed E-state index contributed by atoms with van der Waals surface area (Å²) in [4.78, 5) is 30.9. The molecule has 0 unspecified atom stereocenters. The quantitative estimate of drug-likeness (QED) is 0.811. The van der Waals surface area contributed by atoms with Crippen LogP contribution in [0, 0.1) is 0 Å². The summed E-state index contributed by atoms with van der Waals surface area (Å²) in [5.41, 5.74) is 1.39. The zero-order chi connectivity index (χ0) is 18.4. The number of amides is 2. The molecule has 5 nitrogen and oxygen atoms in total. The molecule has 142 valence electrons. The van der Waals surface area contributed by atoms with Gasteiger partial charge < -0.3 is 14.7 Å². The Balaban J connectivity index is 1.45. The Hall–Kier alpha value is -1.88. The van der Waals surface area contributed by atoms with Crippen LogP contribution in [0.2, 0.25) is 0 Å². The predicted octanol–water partition coefficient (Wildman–Crippen LogP) is 2.16. The van der Waals surface area contributed by atoms with Crippen LogP contribution in [0.25, 0.3) is 0 Å². The number of hydrogen-bond acceptors (Lipinski definition) is 3. The van der Waals surface area contributed by atoms with E-state index in [1.54, 1.807) is 11.8 Å². The van der Waals surface area contributed by atoms with Gasteiger partial charge in [-0.25, -0.2) is 0 Å². The van der Waals surface area contributed by atoms with Crippen LogP contribution in [-0.2, 0) is 16.0 Å². The molecule has 26 heavy (non-hydrogen) atoms. The van der Waals surface area contributed by atoms with Gasteiger partial charge in [-0.2, -0.15) is 0 Å². The molecule has 2 heterocycles. The Labute approximate surface area is 156 Å². The average molecular weight is 357 g/mol. The highest BCUT2D eigenvalue weighted by molar-refractivity contribution is 5.87. The van der Waals surface area contributed by atoms with Crippen LogP contribution in [0.15, 0.2) is 30.3 Å². The largest absolute Gasteiger partial charge is 0.340 e. The van der Waals surface area contributed by atoms with Gasteiger partial charge in [0, 0.05) is 33.1 Å². The molecule has 0 aliphatic carbocycles. The molecular formula is C21H31N3O2. The Kier molecular flexibility index (Phi) is 6.67. The fourth-order valence-electron chi connectivity index (χ4n) is 4.18. The summed E-state index contributed by atoms with van der Waals surface area (Å²) in [5, 5.41) is 0. The van der Waals surface area contributed by atoms with Crippen LogP contribution in [0.5, 0.6) is 0 Å². The summed E-state index contributed by atoms with van der Waals surface area (Å²) in [6.45, 7) is 6.98. The van der Waals surface area contributed by atoms with Crippen molar-refractivity contribution < 1.29 is 9.59 Å². The van der Waals surface area contributed by atoms with E-state index < -0.39 is 0 Å². The predicted molar refractivity (Wildman–Crippen MR) is 103 cm³/mol. The van der Waals surface area contributed by atoms with Crippen molar-refractivity contribution in [2.45, 2.75) is 45.1 Å². The summed E-state index contributed by atoms with van der Waals surface area (Å²) in [5.74, 6) is 0.182. The molecule has 0 saturated carbocycles. The van der Waals surface area contributed by atoms with Crippen molar-refractivity contribution in [1.82, 2.24) is 14.7 Å². The van der Waals surface area contributed by atoms with Crippen LogP contribution >= 0.6 is 0 Å². The average Bonchev–Trinajstić information content (AvgIpc) is 3.03. The second kappa shape index (κ2) is 9.17. The Morgan fingerprint density at radius 2 is 1.81 bits per heavy atom. The minimum Gasteiger partial charge on any atom is -0.340 e. The second-order valence-corrected chi connectivity index (χ2v) is 7.48. The van der Waals surface area contributed by atoms with Gasteiger partial charge in [-0.15, -0.1) is 0 Å². The number of carbonyl (C=O) groups is 2. The number of likely N-dealkylation sites (tertiary alicyclic amines) is 1. The van der Waals surface area contributed by atoms with E-state index in [9.17, 15) is 9.59 Å². The van der Waals surface area contributed by atoms with E-state index in [2.05, 4.69) is 35.2 Å². The lowest BCUT2D eigenvalue weighted by atomic mass is 10.1. The summed E-state index contributed by atoms with van der Waals surface area (Å²) in [7, 11) is 0. The number of rotatable bonds is 5. The molecule has 0 bridgehead atoms. The van der Waals surface area contributed by atoms with Crippen molar-refractivity contribution in [2.75, 3.05) is 39.3 Å². The summed E-state index contributed by atoms with van der Waals surface area (Å²) in [6, 6.07) is 10.4. The number of nitrogens with zero attached hydrogens (tertiary/aromatic N) is 3. The fourth-order valence-corrected chi connectivity index (χ4v) is 4.18. The number of benzene rings is 1. The summed E-state index contributed by atoms with van der Waals surface area (Å²) < 4.78 is 0. The number of aryl methyl sites for hydroxylation is 1. The lowest BCUT2D eigenvalue weighted by Crippen LogP contribution is -2.48. The molecule has 5 heteroatoms. The molecule has 1 aromatic rings. The molecular weight excluding hydrogens is 326 g/mol. The van der Waals surface area contributed by atoms with Gasteiger partial charge in [-0.1, -0.05) is 30.3 Å². The SMILES string of the molecule is CC(=O)N1CCC[C@H]1C(=O)N1CCCN(CCCc2ccccc2)CC1. The first-order valence-electron chi connectivity index (χ1n) is 9.97. The highest BCUT2D eigenvalue weighted by Gasteiger charge is 2.35. The molecule has 3 rings (SSSR count). The van der Waals surface area contributed by atoms with Crippen molar-refractivity contribution in [1.29, 1.82) is 0 Å². The van der Waals surface area contributed by atoms with Gasteiger partial charge in [0.2, 0.25) is 11.8 Å². The smallest absolute Gasteiger partial charge is 0.245 e. The summed E-state index contributed by atoms with van der Waals surface area (Å²) >= 11 is 0. The standard InChI is InChI=1S/C21H31N3O2/c1-18(25)24-15-6-11-20(24)21(26)23-14-7-13-22(16-17-23)12-5-10-19-8-3-2-4-9-19/h2-4,8-9,20H,5-7,10-17H2,1H3/t20-/m0/s1. The van der Waals surface area contributed by atoms with Gasteiger partial charge in [0.1, 0.15) is 6.04 Å².